The molecule has 2 amide bonds. The van der Waals surface area contributed by atoms with E-state index in [2.05, 4.69) is 5.32 Å². The molecule has 2 aromatic rings. The molecule has 1 N–H and O–H groups in total. The van der Waals surface area contributed by atoms with Gasteiger partial charge in [-0.2, -0.15) is 0 Å². The third kappa shape index (κ3) is 4.97. The molecular formula is C24H30N2O3. The summed E-state index contributed by atoms with van der Waals surface area (Å²) in [5.41, 5.74) is 2.79. The number of methoxy groups -OCH3 is 1. The van der Waals surface area contributed by atoms with Crippen LogP contribution in [0.15, 0.2) is 48.5 Å². The molecule has 0 atom stereocenters. The van der Waals surface area contributed by atoms with E-state index in [1.54, 1.807) is 7.11 Å². The van der Waals surface area contributed by atoms with Crippen molar-refractivity contribution in [2.75, 3.05) is 23.9 Å². The number of hydrogen-bond acceptors (Lipinski definition) is 3. The number of aryl methyl sites for hydroxylation is 1. The van der Waals surface area contributed by atoms with Crippen LogP contribution in [0.4, 0.5) is 11.4 Å². The minimum absolute atomic E-state index is 0.00595. The van der Waals surface area contributed by atoms with Gasteiger partial charge in [0.05, 0.1) is 12.8 Å². The van der Waals surface area contributed by atoms with Crippen molar-refractivity contribution in [2.24, 2.45) is 11.8 Å². The van der Waals surface area contributed by atoms with Gasteiger partial charge in [-0.1, -0.05) is 24.3 Å². The fourth-order valence-corrected chi connectivity index (χ4v) is 4.07. The van der Waals surface area contributed by atoms with E-state index < -0.39 is 0 Å². The number of para-hydroxylation sites is 2. The first kappa shape index (κ1) is 20.9. The van der Waals surface area contributed by atoms with Gasteiger partial charge >= 0.3 is 0 Å². The van der Waals surface area contributed by atoms with Gasteiger partial charge in [0, 0.05) is 24.1 Å². The highest BCUT2D eigenvalue weighted by Gasteiger charge is 2.32. The lowest BCUT2D eigenvalue weighted by atomic mass is 9.80. The predicted molar refractivity (Wildman–Crippen MR) is 116 cm³/mol. The summed E-state index contributed by atoms with van der Waals surface area (Å²) in [5.74, 6) is 0.735. The Balaban J connectivity index is 1.59. The van der Waals surface area contributed by atoms with Crippen molar-refractivity contribution in [2.45, 2.75) is 39.5 Å². The molecule has 0 bridgehead atoms. The van der Waals surface area contributed by atoms with Crippen molar-refractivity contribution in [3.05, 3.63) is 54.1 Å². The number of carbonyl (C=O) groups is 2. The Morgan fingerprint density at radius 1 is 1.03 bits per heavy atom. The van der Waals surface area contributed by atoms with Gasteiger partial charge in [-0.25, -0.2) is 0 Å². The van der Waals surface area contributed by atoms with Gasteiger partial charge in [0.25, 0.3) is 0 Å². The first-order valence-electron chi connectivity index (χ1n) is 10.4. The van der Waals surface area contributed by atoms with Gasteiger partial charge in [-0.05, 0) is 69.4 Å². The average molecular weight is 395 g/mol. The second-order valence-corrected chi connectivity index (χ2v) is 7.66. The Bertz CT molecular complexity index is 857. The lowest BCUT2D eigenvalue weighted by Gasteiger charge is -2.31. The van der Waals surface area contributed by atoms with Gasteiger partial charge in [-0.3, -0.25) is 9.59 Å². The summed E-state index contributed by atoms with van der Waals surface area (Å²) in [7, 11) is 1.59. The summed E-state index contributed by atoms with van der Waals surface area (Å²) in [4.78, 5) is 27.7. The number of nitrogens with one attached hydrogen (secondary N) is 1. The number of carbonyl (C=O) groups excluding carboxylic acids is 2. The Labute approximate surface area is 173 Å². The molecule has 0 saturated heterocycles. The number of amides is 2. The van der Waals surface area contributed by atoms with E-state index in [9.17, 15) is 9.59 Å². The Hall–Kier alpha value is -2.82. The largest absolute Gasteiger partial charge is 0.495 e. The fourth-order valence-electron chi connectivity index (χ4n) is 4.07. The van der Waals surface area contributed by atoms with E-state index in [1.165, 1.54) is 0 Å². The van der Waals surface area contributed by atoms with Crippen LogP contribution >= 0.6 is 0 Å². The highest BCUT2D eigenvalue weighted by molar-refractivity contribution is 5.96. The molecule has 0 radical (unpaired) electrons. The van der Waals surface area contributed by atoms with E-state index in [-0.39, 0.29) is 23.7 Å². The molecule has 29 heavy (non-hydrogen) atoms. The number of nitrogens with zero attached hydrogens (tertiary/aromatic N) is 1. The second-order valence-electron chi connectivity index (χ2n) is 7.66. The smallest absolute Gasteiger partial charge is 0.230 e. The maximum atomic E-state index is 13.1. The van der Waals surface area contributed by atoms with E-state index >= 15 is 0 Å². The zero-order valence-corrected chi connectivity index (χ0v) is 17.5. The molecule has 1 aliphatic rings. The van der Waals surface area contributed by atoms with Crippen molar-refractivity contribution in [1.82, 2.24) is 0 Å². The Kier molecular flexibility index (Phi) is 6.91. The molecule has 0 spiro atoms. The van der Waals surface area contributed by atoms with Crippen LogP contribution in [0.3, 0.4) is 0 Å². The lowest BCUT2D eigenvalue weighted by molar-refractivity contribution is -0.126. The maximum Gasteiger partial charge on any atom is 0.230 e. The summed E-state index contributed by atoms with van der Waals surface area (Å²) >= 11 is 0. The quantitative estimate of drug-likeness (QED) is 0.765. The fraction of sp³-hybridized carbons (Fsp3) is 0.417. The average Bonchev–Trinajstić information content (AvgIpc) is 2.74. The van der Waals surface area contributed by atoms with Crippen LogP contribution < -0.4 is 15.0 Å². The van der Waals surface area contributed by atoms with Gasteiger partial charge < -0.3 is 15.0 Å². The number of anilines is 2. The molecule has 0 heterocycles. The second kappa shape index (κ2) is 9.59. The standard InChI is InChI=1S/C24H30N2O3/c1-4-26(20-9-7-8-17(2)16-20)24(28)19-14-12-18(13-15-19)23(27)25-21-10-5-6-11-22(21)29-3/h5-11,16,18-19H,4,12-15H2,1-3H3,(H,25,27). The summed E-state index contributed by atoms with van der Waals surface area (Å²) in [6.07, 6.45) is 2.93. The van der Waals surface area contributed by atoms with Crippen LogP contribution in [-0.2, 0) is 9.59 Å². The molecular weight excluding hydrogens is 364 g/mol. The van der Waals surface area contributed by atoms with E-state index in [0.29, 0.717) is 18.0 Å². The van der Waals surface area contributed by atoms with Crippen LogP contribution in [0.25, 0.3) is 0 Å². The molecule has 1 fully saturated rings. The van der Waals surface area contributed by atoms with Crippen LogP contribution in [0, 0.1) is 18.8 Å². The van der Waals surface area contributed by atoms with Crippen molar-refractivity contribution in [1.29, 1.82) is 0 Å². The molecule has 1 saturated carbocycles. The molecule has 0 aliphatic heterocycles. The molecule has 5 nitrogen and oxygen atoms in total. The third-order valence-electron chi connectivity index (χ3n) is 5.71. The van der Waals surface area contributed by atoms with Crippen LogP contribution in [-0.4, -0.2) is 25.5 Å². The summed E-state index contributed by atoms with van der Waals surface area (Å²) in [6, 6.07) is 15.5. The minimum Gasteiger partial charge on any atom is -0.495 e. The van der Waals surface area contributed by atoms with Gasteiger partial charge in [0.1, 0.15) is 5.75 Å². The van der Waals surface area contributed by atoms with E-state index in [0.717, 1.165) is 36.9 Å². The normalized spacial score (nSPS) is 18.7. The molecule has 1 aliphatic carbocycles. The van der Waals surface area contributed by atoms with E-state index in [1.807, 2.05) is 67.3 Å². The minimum atomic E-state index is -0.0713. The monoisotopic (exact) mass is 394 g/mol. The van der Waals surface area contributed by atoms with Crippen LogP contribution in [0.2, 0.25) is 0 Å². The number of hydrogen-bond donors (Lipinski definition) is 1. The van der Waals surface area contributed by atoms with Gasteiger partial charge in [0.2, 0.25) is 11.8 Å². The van der Waals surface area contributed by atoms with Gasteiger partial charge in [-0.15, -0.1) is 0 Å². The van der Waals surface area contributed by atoms with Crippen LogP contribution in [0.5, 0.6) is 5.75 Å². The van der Waals surface area contributed by atoms with Gasteiger partial charge in [0.15, 0.2) is 0 Å². The molecule has 0 unspecified atom stereocenters. The summed E-state index contributed by atoms with van der Waals surface area (Å²) in [6.45, 7) is 4.69. The van der Waals surface area contributed by atoms with E-state index in [4.69, 9.17) is 4.74 Å². The number of benzene rings is 2. The molecule has 0 aromatic heterocycles. The van der Waals surface area contributed by atoms with Crippen molar-refractivity contribution >= 4 is 23.2 Å². The van der Waals surface area contributed by atoms with Crippen LogP contribution in [0.1, 0.15) is 38.2 Å². The molecule has 5 heteroatoms. The molecule has 2 aromatic carbocycles. The Morgan fingerprint density at radius 3 is 2.38 bits per heavy atom. The summed E-state index contributed by atoms with van der Waals surface area (Å²) < 4.78 is 5.31. The lowest BCUT2D eigenvalue weighted by Crippen LogP contribution is -2.39. The zero-order chi connectivity index (χ0) is 20.8. The highest BCUT2D eigenvalue weighted by atomic mass is 16.5. The number of rotatable bonds is 6. The Morgan fingerprint density at radius 2 is 1.72 bits per heavy atom. The molecule has 3 rings (SSSR count). The summed E-state index contributed by atoms with van der Waals surface area (Å²) in [5, 5.41) is 2.98. The first-order valence-corrected chi connectivity index (χ1v) is 10.4. The number of ether oxygens (including phenoxy) is 1. The zero-order valence-electron chi connectivity index (χ0n) is 17.5. The van der Waals surface area contributed by atoms with Crippen molar-refractivity contribution in [3.63, 3.8) is 0 Å². The topological polar surface area (TPSA) is 58.6 Å². The third-order valence-corrected chi connectivity index (χ3v) is 5.71. The first-order chi connectivity index (χ1) is 14.0. The highest BCUT2D eigenvalue weighted by Crippen LogP contribution is 2.33. The molecule has 154 valence electrons. The van der Waals surface area contributed by atoms with Crippen molar-refractivity contribution < 1.29 is 14.3 Å². The predicted octanol–water partition coefficient (Wildman–Crippen LogP) is 4.80. The maximum absolute atomic E-state index is 13.1. The van der Waals surface area contributed by atoms with Crippen molar-refractivity contribution in [3.8, 4) is 5.75 Å². The SMILES string of the molecule is CCN(C(=O)C1CCC(C(=O)Nc2ccccc2OC)CC1)c1cccc(C)c1.